The molecule has 2 saturated heterocycles. The van der Waals surface area contributed by atoms with E-state index >= 15 is 0 Å². The number of methoxy groups -OCH3 is 1. The SMILES string of the molecule is CO[C@@H]1O[C@H](COS(=O)(=O)O)[C@@H](O[C@H]2O[C@H](COS(=O)(=O)O)[C@@H](OCc3ccccc3)[C@H](OCc3ccccc3)[C@H]2OCc2ccccc2)[C@H](OCc2ccccc2)[C@H]1OCc1ccccc1. The number of rotatable bonds is 24. The Morgan fingerprint density at radius 2 is 0.687 bits per heavy atom. The Hall–Kier alpha value is -4.52. The molecule has 10 atom stereocenters. The first-order chi connectivity index (χ1) is 32.4. The van der Waals surface area contributed by atoms with Gasteiger partial charge in [-0.05, 0) is 27.8 Å². The van der Waals surface area contributed by atoms with Gasteiger partial charge in [-0.2, -0.15) is 16.8 Å². The third-order valence-corrected chi connectivity index (χ3v) is 11.8. The topological polar surface area (TPSA) is 210 Å². The van der Waals surface area contributed by atoms with Crippen molar-refractivity contribution in [2.24, 2.45) is 0 Å². The number of hydrogen-bond donors (Lipinski definition) is 2. The highest BCUT2D eigenvalue weighted by Gasteiger charge is 2.55. The van der Waals surface area contributed by atoms with Crippen LogP contribution in [0.3, 0.4) is 0 Å². The Bertz CT molecular complexity index is 2420. The van der Waals surface area contributed by atoms with Crippen LogP contribution in [-0.2, 0) is 105 Å². The molecule has 2 N–H and O–H groups in total. The highest BCUT2D eigenvalue weighted by molar-refractivity contribution is 7.81. The minimum Gasteiger partial charge on any atom is -0.368 e. The average Bonchev–Trinajstić information content (AvgIpc) is 3.33. The van der Waals surface area contributed by atoms with Gasteiger partial charge in [-0.1, -0.05) is 152 Å². The molecule has 17 nitrogen and oxygen atoms in total. The van der Waals surface area contributed by atoms with Crippen LogP contribution in [0.25, 0.3) is 0 Å². The minimum atomic E-state index is -5.03. The van der Waals surface area contributed by atoms with Crippen LogP contribution in [-0.4, -0.2) is 108 Å². The van der Waals surface area contributed by atoms with Gasteiger partial charge in [0, 0.05) is 7.11 Å². The first-order valence-electron chi connectivity index (χ1n) is 21.4. The monoisotopic (exact) mass is 966 g/mol. The molecule has 5 aromatic rings. The van der Waals surface area contributed by atoms with Crippen molar-refractivity contribution in [1.82, 2.24) is 0 Å². The highest BCUT2D eigenvalue weighted by Crippen LogP contribution is 2.37. The molecular weight excluding hydrogens is 913 g/mol. The summed E-state index contributed by atoms with van der Waals surface area (Å²) in [4.78, 5) is 0. The fourth-order valence-electron chi connectivity index (χ4n) is 7.72. The Morgan fingerprint density at radius 1 is 0.403 bits per heavy atom. The van der Waals surface area contributed by atoms with Crippen molar-refractivity contribution in [3.8, 4) is 0 Å². The Morgan fingerprint density at radius 3 is 1.03 bits per heavy atom. The smallest absolute Gasteiger partial charge is 0.368 e. The fourth-order valence-corrected chi connectivity index (χ4v) is 8.33. The molecule has 0 unspecified atom stereocenters. The zero-order valence-electron chi connectivity index (χ0n) is 36.5. The normalized spacial score (nSPS) is 25.7. The van der Waals surface area contributed by atoms with Crippen LogP contribution in [0.2, 0.25) is 0 Å². The van der Waals surface area contributed by atoms with E-state index in [0.717, 1.165) is 27.8 Å². The summed E-state index contributed by atoms with van der Waals surface area (Å²) in [5, 5.41) is 0. The quantitative estimate of drug-likeness (QED) is 0.0676. The summed E-state index contributed by atoms with van der Waals surface area (Å²) in [7, 11) is -8.68. The molecule has 2 aliphatic heterocycles. The second-order valence-electron chi connectivity index (χ2n) is 15.7. The average molecular weight is 967 g/mol. The fraction of sp³-hybridized carbons (Fsp3) is 0.375. The maximum atomic E-state index is 12.2. The largest absolute Gasteiger partial charge is 0.397 e. The van der Waals surface area contributed by atoms with Crippen LogP contribution in [0.5, 0.6) is 0 Å². The molecule has 0 bridgehead atoms. The van der Waals surface area contributed by atoms with Crippen LogP contribution >= 0.6 is 0 Å². The van der Waals surface area contributed by atoms with Crippen molar-refractivity contribution in [2.75, 3.05) is 20.3 Å². The van der Waals surface area contributed by atoms with E-state index < -0.39 is 95.4 Å². The molecule has 360 valence electrons. The van der Waals surface area contributed by atoms with E-state index in [-0.39, 0.29) is 33.0 Å². The minimum absolute atomic E-state index is 0.00136. The van der Waals surface area contributed by atoms with Crippen molar-refractivity contribution in [1.29, 1.82) is 0 Å². The van der Waals surface area contributed by atoms with Crippen LogP contribution < -0.4 is 0 Å². The van der Waals surface area contributed by atoms with E-state index in [9.17, 15) is 25.9 Å². The maximum absolute atomic E-state index is 12.2. The third-order valence-electron chi connectivity index (χ3n) is 10.9. The van der Waals surface area contributed by atoms with Gasteiger partial charge >= 0.3 is 20.8 Å². The molecular formula is C48H54O17S2. The van der Waals surface area contributed by atoms with E-state index in [2.05, 4.69) is 0 Å². The molecule has 0 aromatic heterocycles. The number of ether oxygens (including phenoxy) is 9. The second kappa shape index (κ2) is 24.7. The lowest BCUT2D eigenvalue weighted by Crippen LogP contribution is -2.66. The van der Waals surface area contributed by atoms with Gasteiger partial charge in [-0.3, -0.25) is 9.11 Å². The summed E-state index contributed by atoms with van der Waals surface area (Å²) in [5.41, 5.74) is 3.89. The molecule has 0 spiro atoms. The van der Waals surface area contributed by atoms with Crippen LogP contribution in [0.15, 0.2) is 152 Å². The molecule has 19 heteroatoms. The first kappa shape index (κ1) is 50.4. The molecule has 7 rings (SSSR count). The molecule has 2 heterocycles. The third kappa shape index (κ3) is 15.5. The van der Waals surface area contributed by atoms with Gasteiger partial charge in [0.15, 0.2) is 12.6 Å². The van der Waals surface area contributed by atoms with Gasteiger partial charge in [-0.15, -0.1) is 0 Å². The van der Waals surface area contributed by atoms with Crippen LogP contribution in [0, 0.1) is 0 Å². The summed E-state index contributed by atoms with van der Waals surface area (Å²) in [5.74, 6) is 0. The van der Waals surface area contributed by atoms with Crippen molar-refractivity contribution >= 4 is 20.8 Å². The van der Waals surface area contributed by atoms with E-state index in [1.807, 2.05) is 152 Å². The predicted molar refractivity (Wildman–Crippen MR) is 239 cm³/mol. The zero-order valence-corrected chi connectivity index (χ0v) is 38.1. The molecule has 67 heavy (non-hydrogen) atoms. The van der Waals surface area contributed by atoms with E-state index in [0.29, 0.717) is 0 Å². The van der Waals surface area contributed by atoms with Crippen LogP contribution in [0.1, 0.15) is 27.8 Å². The standard InChI is InChI=1S/C48H54O17S2/c1-55-47-45(59-30-37-23-13-5-14-24-37)44(58-29-36-21-11-4-12-22-36)42(40(63-47)33-62-67(52,53)54)65-48-46(60-31-38-25-15-6-16-26-38)43(57-28-35-19-9-3-10-20-35)41(39(64-48)32-61-66(49,50)51)56-27-34-17-7-2-8-18-34/h2-26,39-48H,27-33H2,1H3,(H,49,50,51)(H,52,53,54)/t39-,40-,41-,42-,43+,44+,45-,46-,47-,48-/m1/s1. The second-order valence-corrected chi connectivity index (χ2v) is 17.8. The molecule has 0 aliphatic carbocycles. The molecule has 0 saturated carbocycles. The highest BCUT2D eigenvalue weighted by atomic mass is 32.3. The van der Waals surface area contributed by atoms with E-state index in [1.165, 1.54) is 7.11 Å². The van der Waals surface area contributed by atoms with Crippen molar-refractivity contribution < 1.29 is 76.9 Å². The summed E-state index contributed by atoms with van der Waals surface area (Å²) in [6.07, 6.45) is -12.6. The first-order valence-corrected chi connectivity index (χ1v) is 24.2. The van der Waals surface area contributed by atoms with Crippen molar-refractivity contribution in [2.45, 2.75) is 94.4 Å². The van der Waals surface area contributed by atoms with Crippen molar-refractivity contribution in [3.63, 3.8) is 0 Å². The maximum Gasteiger partial charge on any atom is 0.397 e. The van der Waals surface area contributed by atoms with Gasteiger partial charge in [0.2, 0.25) is 0 Å². The molecule has 5 aromatic carbocycles. The lowest BCUT2D eigenvalue weighted by molar-refractivity contribution is -0.374. The summed E-state index contributed by atoms with van der Waals surface area (Å²) >= 11 is 0. The summed E-state index contributed by atoms with van der Waals surface area (Å²) in [6, 6.07) is 46.3. The lowest BCUT2D eigenvalue weighted by Gasteiger charge is -2.50. The Balaban J connectivity index is 1.32. The van der Waals surface area contributed by atoms with Crippen LogP contribution in [0.4, 0.5) is 0 Å². The molecule has 2 fully saturated rings. The molecule has 0 amide bonds. The predicted octanol–water partition coefficient (Wildman–Crippen LogP) is 6.03. The Labute approximate surface area is 390 Å². The van der Waals surface area contributed by atoms with Gasteiger partial charge in [0.25, 0.3) is 0 Å². The van der Waals surface area contributed by atoms with E-state index in [1.54, 1.807) is 0 Å². The van der Waals surface area contributed by atoms with E-state index in [4.69, 9.17) is 51.0 Å². The lowest BCUT2D eigenvalue weighted by atomic mass is 9.95. The summed E-state index contributed by atoms with van der Waals surface area (Å²) in [6.45, 7) is -1.48. The molecule has 0 radical (unpaired) electrons. The Kier molecular flexibility index (Phi) is 18.5. The number of hydrogen-bond acceptors (Lipinski definition) is 15. The zero-order chi connectivity index (χ0) is 47.1. The molecule has 2 aliphatic rings. The van der Waals surface area contributed by atoms with Gasteiger partial charge in [0.1, 0.15) is 48.8 Å². The summed E-state index contributed by atoms with van der Waals surface area (Å²) < 4.78 is 137. The van der Waals surface area contributed by atoms with Gasteiger partial charge in [-0.25, -0.2) is 8.37 Å². The number of benzene rings is 5. The van der Waals surface area contributed by atoms with Crippen molar-refractivity contribution in [3.05, 3.63) is 179 Å². The van der Waals surface area contributed by atoms with Gasteiger partial charge in [0.05, 0.1) is 46.2 Å². The van der Waals surface area contributed by atoms with Gasteiger partial charge < -0.3 is 42.6 Å².